The molecule has 1 aliphatic rings. The molecular weight excluding hydrogens is 526 g/mol. The molecule has 7 nitrogen and oxygen atoms in total. The number of hydrogen-bond donors (Lipinski definition) is 1. The van der Waals surface area contributed by atoms with E-state index in [1.807, 2.05) is 53.9 Å². The van der Waals surface area contributed by atoms with Crippen LogP contribution in [-0.4, -0.2) is 29.3 Å². The van der Waals surface area contributed by atoms with Crippen LogP contribution < -0.4 is 10.5 Å². The van der Waals surface area contributed by atoms with Gasteiger partial charge in [-0.2, -0.15) is 10.5 Å². The van der Waals surface area contributed by atoms with Crippen LogP contribution in [0.4, 0.5) is 5.82 Å². The Kier molecular flexibility index (Phi) is 7.59. The van der Waals surface area contributed by atoms with E-state index >= 15 is 0 Å². The fourth-order valence-electron chi connectivity index (χ4n) is 3.93. The summed E-state index contributed by atoms with van der Waals surface area (Å²) in [6, 6.07) is 19.2. The van der Waals surface area contributed by atoms with Gasteiger partial charge in [0.25, 0.3) is 0 Å². The van der Waals surface area contributed by atoms with Gasteiger partial charge in [0.1, 0.15) is 45.4 Å². The summed E-state index contributed by atoms with van der Waals surface area (Å²) in [6.07, 6.45) is 0.876. The van der Waals surface area contributed by atoms with Crippen molar-refractivity contribution in [2.24, 2.45) is 0 Å². The molecule has 0 unspecified atom stereocenters. The molecule has 1 fully saturated rings. The molecule has 0 spiro atoms. The molecule has 2 aromatic carbocycles. The first-order valence-corrected chi connectivity index (χ1v) is 13.6. The van der Waals surface area contributed by atoms with E-state index in [2.05, 4.69) is 17.1 Å². The molecule has 0 saturated carbocycles. The number of rotatable bonds is 7. The zero-order valence-electron chi connectivity index (χ0n) is 19.5. The maximum absolute atomic E-state index is 10.1. The Balaban J connectivity index is 1.41. The first-order valence-electron chi connectivity index (χ1n) is 11.4. The minimum atomic E-state index is 0.0284. The smallest absolute Gasteiger partial charge is 0.143 e. The van der Waals surface area contributed by atoms with Crippen molar-refractivity contribution < 1.29 is 9.47 Å². The minimum absolute atomic E-state index is 0.0284. The predicted octanol–water partition coefficient (Wildman–Crippen LogP) is 6.31. The minimum Gasteiger partial charge on any atom is -0.488 e. The van der Waals surface area contributed by atoms with E-state index in [0.717, 1.165) is 22.7 Å². The lowest BCUT2D eigenvalue weighted by atomic mass is 9.97. The summed E-state index contributed by atoms with van der Waals surface area (Å²) in [6.45, 7) is 1.26. The normalized spacial score (nSPS) is 14.7. The van der Waals surface area contributed by atoms with Crippen LogP contribution in [0.15, 0.2) is 58.9 Å². The third-order valence-electron chi connectivity index (χ3n) is 5.75. The van der Waals surface area contributed by atoms with E-state index < -0.39 is 0 Å². The van der Waals surface area contributed by atoms with Crippen LogP contribution in [0.25, 0.3) is 21.7 Å². The number of benzene rings is 2. The molecule has 0 amide bonds. The highest BCUT2D eigenvalue weighted by Crippen LogP contribution is 2.37. The van der Waals surface area contributed by atoms with Gasteiger partial charge in [0.05, 0.1) is 24.5 Å². The molecule has 5 rings (SSSR count). The molecule has 0 aliphatic carbocycles. The van der Waals surface area contributed by atoms with Crippen molar-refractivity contribution >= 4 is 40.5 Å². The van der Waals surface area contributed by atoms with Gasteiger partial charge in [-0.15, -0.1) is 11.3 Å². The Hall–Kier alpha value is -3.60. The molecular formula is C27H20ClN5O2S2. The number of ether oxygens (including phenoxy) is 2. The summed E-state index contributed by atoms with van der Waals surface area (Å²) in [5.41, 5.74) is 9.66. The van der Waals surface area contributed by atoms with Gasteiger partial charge in [-0.3, -0.25) is 0 Å². The van der Waals surface area contributed by atoms with E-state index in [0.29, 0.717) is 51.5 Å². The molecule has 1 saturated heterocycles. The van der Waals surface area contributed by atoms with Gasteiger partial charge in [0.15, 0.2) is 0 Å². The first kappa shape index (κ1) is 25.1. The van der Waals surface area contributed by atoms with Crippen LogP contribution in [0.3, 0.4) is 0 Å². The quantitative estimate of drug-likeness (QED) is 0.268. The van der Waals surface area contributed by atoms with Crippen molar-refractivity contribution in [2.45, 2.75) is 23.3 Å². The summed E-state index contributed by atoms with van der Waals surface area (Å²) in [4.78, 5) is 9.10. The number of thiazole rings is 1. The van der Waals surface area contributed by atoms with E-state index in [-0.39, 0.29) is 17.5 Å². The van der Waals surface area contributed by atoms with Gasteiger partial charge >= 0.3 is 0 Å². The molecule has 2 aromatic heterocycles. The summed E-state index contributed by atoms with van der Waals surface area (Å²) in [5, 5.41) is 23.9. The van der Waals surface area contributed by atoms with E-state index in [1.54, 1.807) is 0 Å². The molecule has 1 atom stereocenters. The lowest BCUT2D eigenvalue weighted by Crippen LogP contribution is -2.15. The van der Waals surface area contributed by atoms with Crippen LogP contribution >= 0.6 is 34.7 Å². The van der Waals surface area contributed by atoms with E-state index in [4.69, 9.17) is 31.8 Å². The lowest BCUT2D eigenvalue weighted by Gasteiger charge is -2.15. The number of nitrogens with zero attached hydrogens (tertiary/aromatic N) is 4. The van der Waals surface area contributed by atoms with Crippen molar-refractivity contribution in [3.8, 4) is 39.6 Å². The summed E-state index contributed by atoms with van der Waals surface area (Å²) in [5.74, 6) is 1.28. The van der Waals surface area contributed by atoms with Crippen molar-refractivity contribution in [3.05, 3.63) is 75.8 Å². The number of hydrogen-bond acceptors (Lipinski definition) is 9. The highest BCUT2D eigenvalue weighted by molar-refractivity contribution is 7.98. The number of nitrogen functional groups attached to an aromatic ring is 1. The van der Waals surface area contributed by atoms with Gasteiger partial charge in [0, 0.05) is 33.7 Å². The van der Waals surface area contributed by atoms with Gasteiger partial charge in [0.2, 0.25) is 0 Å². The average molecular weight is 546 g/mol. The summed E-state index contributed by atoms with van der Waals surface area (Å²) in [7, 11) is 0. The van der Waals surface area contributed by atoms with Crippen molar-refractivity contribution in [3.63, 3.8) is 0 Å². The first-order chi connectivity index (χ1) is 18.1. The number of thioether (sulfide) groups is 1. The highest BCUT2D eigenvalue weighted by Gasteiger charge is 2.22. The van der Waals surface area contributed by atoms with Crippen LogP contribution in [-0.2, 0) is 10.5 Å². The molecule has 0 radical (unpaired) electrons. The van der Waals surface area contributed by atoms with Gasteiger partial charge in [-0.05, 0) is 29.8 Å². The second-order valence-corrected chi connectivity index (χ2v) is 10.5. The summed E-state index contributed by atoms with van der Waals surface area (Å²) >= 11 is 8.89. The Morgan fingerprint density at radius 1 is 1.05 bits per heavy atom. The average Bonchev–Trinajstić information content (AvgIpc) is 3.60. The lowest BCUT2D eigenvalue weighted by molar-refractivity contribution is 0.141. The van der Waals surface area contributed by atoms with Crippen LogP contribution in [0, 0.1) is 22.7 Å². The number of halogens is 1. The molecule has 3 heterocycles. The van der Waals surface area contributed by atoms with Crippen LogP contribution in [0.2, 0.25) is 5.02 Å². The van der Waals surface area contributed by atoms with E-state index in [1.165, 1.54) is 23.1 Å². The number of pyridine rings is 1. The van der Waals surface area contributed by atoms with Crippen LogP contribution in [0.1, 0.15) is 23.2 Å². The van der Waals surface area contributed by atoms with Crippen molar-refractivity contribution in [1.82, 2.24) is 9.97 Å². The number of anilines is 1. The van der Waals surface area contributed by atoms with Gasteiger partial charge in [-0.1, -0.05) is 47.6 Å². The monoisotopic (exact) mass is 545 g/mol. The second kappa shape index (κ2) is 11.2. The maximum atomic E-state index is 10.1. The Morgan fingerprint density at radius 3 is 2.46 bits per heavy atom. The topological polar surface area (TPSA) is 118 Å². The Morgan fingerprint density at radius 2 is 1.78 bits per heavy atom. The molecule has 184 valence electrons. The Bertz CT molecular complexity index is 1500. The van der Waals surface area contributed by atoms with Crippen molar-refractivity contribution in [1.29, 1.82) is 10.5 Å². The van der Waals surface area contributed by atoms with Gasteiger partial charge < -0.3 is 15.2 Å². The molecule has 4 aromatic rings. The van der Waals surface area contributed by atoms with Crippen LogP contribution in [0.5, 0.6) is 5.75 Å². The fourth-order valence-corrected chi connectivity index (χ4v) is 5.88. The highest BCUT2D eigenvalue weighted by atomic mass is 35.5. The molecule has 10 heteroatoms. The molecule has 1 aliphatic heterocycles. The summed E-state index contributed by atoms with van der Waals surface area (Å²) < 4.78 is 11.3. The Labute approximate surface area is 227 Å². The number of nitrogens with two attached hydrogens (primary N) is 1. The zero-order valence-corrected chi connectivity index (χ0v) is 21.9. The SMILES string of the molecule is N#Cc1c(N)nc(SCc2csc(-c3ccc(Cl)cc3)n2)c(C#N)c1-c1ccc(O[C@@H]2CCOC2)cc1. The zero-order chi connectivity index (χ0) is 25.8. The maximum Gasteiger partial charge on any atom is 0.143 e. The molecule has 2 N–H and O–H groups in total. The van der Waals surface area contributed by atoms with Gasteiger partial charge in [-0.25, -0.2) is 9.97 Å². The standard InChI is InChI=1S/C27H20ClN5O2S2/c28-18-5-1-17(2-6-18)26-32-19(14-36-26)15-37-27-23(12-30)24(22(11-29)25(31)33-27)16-3-7-20(8-4-16)35-21-9-10-34-13-21/h1-8,14,21H,9-10,13,15H2,(H2,31,33)/t21-/m1/s1. The third-order valence-corrected chi connectivity index (χ3v) is 7.95. The largest absolute Gasteiger partial charge is 0.488 e. The molecule has 37 heavy (non-hydrogen) atoms. The van der Waals surface area contributed by atoms with Crippen molar-refractivity contribution in [2.75, 3.05) is 18.9 Å². The number of aromatic nitrogens is 2. The predicted molar refractivity (Wildman–Crippen MR) is 145 cm³/mol. The molecule has 0 bridgehead atoms. The fraction of sp³-hybridized carbons (Fsp3) is 0.185. The third kappa shape index (κ3) is 5.56. The second-order valence-electron chi connectivity index (χ2n) is 8.22. The van der Waals surface area contributed by atoms with E-state index in [9.17, 15) is 10.5 Å². The number of nitriles is 2.